The number of nitriles is 1. The Hall–Kier alpha value is -1.60. The lowest BCUT2D eigenvalue weighted by Gasteiger charge is -2.10. The number of aliphatic hydroxyl groups is 1. The van der Waals surface area contributed by atoms with E-state index in [1.807, 2.05) is 13.0 Å². The Morgan fingerprint density at radius 2 is 2.40 bits per heavy atom. The van der Waals surface area contributed by atoms with Gasteiger partial charge in [-0.1, -0.05) is 19.4 Å². The van der Waals surface area contributed by atoms with Crippen molar-refractivity contribution in [1.82, 2.24) is 4.98 Å². The molecule has 1 unspecified atom stereocenters. The van der Waals surface area contributed by atoms with E-state index in [0.717, 1.165) is 12.8 Å². The predicted molar refractivity (Wildman–Crippen MR) is 58.4 cm³/mol. The van der Waals surface area contributed by atoms with Gasteiger partial charge in [0.15, 0.2) is 0 Å². The number of nitrogens with zero attached hydrogens (tertiary/aromatic N) is 2. The number of aliphatic hydroxyl groups excluding tert-OH is 1. The van der Waals surface area contributed by atoms with Crippen LogP contribution in [0.2, 0.25) is 0 Å². The van der Waals surface area contributed by atoms with E-state index >= 15 is 0 Å². The van der Waals surface area contributed by atoms with Crippen molar-refractivity contribution in [3.05, 3.63) is 23.9 Å². The van der Waals surface area contributed by atoms with Gasteiger partial charge < -0.3 is 10.4 Å². The van der Waals surface area contributed by atoms with E-state index in [2.05, 4.69) is 10.3 Å². The van der Waals surface area contributed by atoms with Gasteiger partial charge in [0, 0.05) is 6.54 Å². The third-order valence-electron chi connectivity index (χ3n) is 2.00. The fourth-order valence-corrected chi connectivity index (χ4v) is 1.25. The molecule has 0 aromatic carbocycles. The summed E-state index contributed by atoms with van der Waals surface area (Å²) in [5.74, 6) is 0.629. The Morgan fingerprint density at radius 1 is 1.60 bits per heavy atom. The molecule has 0 aliphatic carbocycles. The summed E-state index contributed by atoms with van der Waals surface area (Å²) in [5.41, 5.74) is 0.380. The molecule has 0 bridgehead atoms. The van der Waals surface area contributed by atoms with Gasteiger partial charge in [0.1, 0.15) is 17.6 Å². The second-order valence-corrected chi connectivity index (χ2v) is 3.34. The summed E-state index contributed by atoms with van der Waals surface area (Å²) in [6.07, 6.45) is 1.36. The second kappa shape index (κ2) is 5.99. The van der Waals surface area contributed by atoms with E-state index < -0.39 is 0 Å². The summed E-state index contributed by atoms with van der Waals surface area (Å²) in [4.78, 5) is 4.04. The summed E-state index contributed by atoms with van der Waals surface area (Å²) >= 11 is 0. The van der Waals surface area contributed by atoms with Crippen molar-refractivity contribution in [3.8, 4) is 6.07 Å². The molecule has 2 N–H and O–H groups in total. The smallest absolute Gasteiger partial charge is 0.142 e. The Balaban J connectivity index is 2.47. The maximum atomic E-state index is 9.48. The first-order valence-electron chi connectivity index (χ1n) is 5.05. The first-order chi connectivity index (χ1) is 7.26. The van der Waals surface area contributed by atoms with Crippen LogP contribution in [0.25, 0.3) is 0 Å². The fourth-order valence-electron chi connectivity index (χ4n) is 1.25. The molecule has 15 heavy (non-hydrogen) atoms. The maximum Gasteiger partial charge on any atom is 0.142 e. The van der Waals surface area contributed by atoms with Gasteiger partial charge in [-0.2, -0.15) is 5.26 Å². The van der Waals surface area contributed by atoms with Crippen LogP contribution in [0, 0.1) is 11.3 Å². The Bertz CT molecular complexity index is 346. The minimum absolute atomic E-state index is 0.359. The first kappa shape index (κ1) is 11.5. The molecule has 1 atom stereocenters. The van der Waals surface area contributed by atoms with Crippen LogP contribution in [0.3, 0.4) is 0 Å². The summed E-state index contributed by atoms with van der Waals surface area (Å²) in [6, 6.07) is 7.15. The van der Waals surface area contributed by atoms with Crippen molar-refractivity contribution in [2.24, 2.45) is 0 Å². The molecule has 0 aliphatic rings. The zero-order valence-electron chi connectivity index (χ0n) is 8.77. The van der Waals surface area contributed by atoms with Crippen LogP contribution in [-0.2, 0) is 0 Å². The monoisotopic (exact) mass is 205 g/mol. The lowest BCUT2D eigenvalue weighted by molar-refractivity contribution is 0.176. The highest BCUT2D eigenvalue weighted by Gasteiger charge is 2.02. The van der Waals surface area contributed by atoms with E-state index in [1.165, 1.54) is 0 Å². The van der Waals surface area contributed by atoms with Crippen molar-refractivity contribution in [2.45, 2.75) is 25.9 Å². The standard InChI is InChI=1S/C11H15N3O/c1-2-4-10(15)8-13-11-6-3-5-9(7-12)14-11/h3,5-6,10,15H,2,4,8H2,1H3,(H,13,14). The van der Waals surface area contributed by atoms with Crippen molar-refractivity contribution in [1.29, 1.82) is 5.26 Å². The molecule has 0 spiro atoms. The lowest BCUT2D eigenvalue weighted by Crippen LogP contribution is -2.19. The van der Waals surface area contributed by atoms with Crippen molar-refractivity contribution in [2.75, 3.05) is 11.9 Å². The summed E-state index contributed by atoms with van der Waals surface area (Å²) in [6.45, 7) is 2.49. The predicted octanol–water partition coefficient (Wildman–Crippen LogP) is 1.53. The average molecular weight is 205 g/mol. The van der Waals surface area contributed by atoms with Crippen LogP contribution in [0.15, 0.2) is 18.2 Å². The molecule has 0 saturated carbocycles. The van der Waals surface area contributed by atoms with Crippen LogP contribution in [-0.4, -0.2) is 22.7 Å². The molecule has 4 nitrogen and oxygen atoms in total. The number of hydrogen-bond acceptors (Lipinski definition) is 4. The fraction of sp³-hybridized carbons (Fsp3) is 0.455. The van der Waals surface area contributed by atoms with E-state index in [-0.39, 0.29) is 6.10 Å². The molecular formula is C11H15N3O. The molecule has 0 aliphatic heterocycles. The van der Waals surface area contributed by atoms with E-state index in [9.17, 15) is 5.11 Å². The van der Waals surface area contributed by atoms with Gasteiger partial charge in [-0.3, -0.25) is 0 Å². The molecule has 1 aromatic rings. The highest BCUT2D eigenvalue weighted by atomic mass is 16.3. The second-order valence-electron chi connectivity index (χ2n) is 3.34. The molecule has 1 aromatic heterocycles. The molecule has 1 rings (SSSR count). The maximum absolute atomic E-state index is 9.48. The molecule has 80 valence electrons. The van der Waals surface area contributed by atoms with E-state index in [4.69, 9.17) is 5.26 Å². The Kier molecular flexibility index (Phi) is 4.58. The number of anilines is 1. The molecule has 0 saturated heterocycles. The first-order valence-corrected chi connectivity index (χ1v) is 5.05. The third kappa shape index (κ3) is 3.96. The minimum atomic E-state index is -0.359. The molecular weight excluding hydrogens is 190 g/mol. The zero-order valence-corrected chi connectivity index (χ0v) is 8.77. The van der Waals surface area contributed by atoms with E-state index in [0.29, 0.717) is 18.1 Å². The number of nitrogens with one attached hydrogen (secondary N) is 1. The summed E-state index contributed by atoms with van der Waals surface area (Å²) in [7, 11) is 0. The van der Waals surface area contributed by atoms with Crippen LogP contribution in [0.1, 0.15) is 25.5 Å². The molecule has 0 fully saturated rings. The van der Waals surface area contributed by atoms with Gasteiger partial charge in [-0.15, -0.1) is 0 Å². The average Bonchev–Trinajstić information content (AvgIpc) is 2.27. The summed E-state index contributed by atoms with van der Waals surface area (Å²) < 4.78 is 0. The van der Waals surface area contributed by atoms with Gasteiger partial charge in [0.25, 0.3) is 0 Å². The highest BCUT2D eigenvalue weighted by molar-refractivity contribution is 5.38. The van der Waals surface area contributed by atoms with Crippen molar-refractivity contribution < 1.29 is 5.11 Å². The third-order valence-corrected chi connectivity index (χ3v) is 2.00. The van der Waals surface area contributed by atoms with Crippen LogP contribution in [0.4, 0.5) is 5.82 Å². The molecule has 0 amide bonds. The zero-order chi connectivity index (χ0) is 11.1. The van der Waals surface area contributed by atoms with Gasteiger partial charge in [0.2, 0.25) is 0 Å². The molecule has 4 heteroatoms. The number of aromatic nitrogens is 1. The highest BCUT2D eigenvalue weighted by Crippen LogP contribution is 2.05. The van der Waals surface area contributed by atoms with E-state index in [1.54, 1.807) is 18.2 Å². The summed E-state index contributed by atoms with van der Waals surface area (Å²) in [5, 5.41) is 21.1. The number of pyridine rings is 1. The van der Waals surface area contributed by atoms with Gasteiger partial charge >= 0.3 is 0 Å². The largest absolute Gasteiger partial charge is 0.391 e. The van der Waals surface area contributed by atoms with Crippen LogP contribution < -0.4 is 5.32 Å². The SMILES string of the molecule is CCCC(O)CNc1cccc(C#N)n1. The van der Waals surface area contributed by atoms with Crippen LogP contribution >= 0.6 is 0 Å². The van der Waals surface area contributed by atoms with Crippen molar-refractivity contribution >= 4 is 5.82 Å². The Labute approximate surface area is 89.6 Å². The van der Waals surface area contributed by atoms with Gasteiger partial charge in [-0.05, 0) is 18.6 Å². The lowest BCUT2D eigenvalue weighted by atomic mass is 10.2. The Morgan fingerprint density at radius 3 is 3.07 bits per heavy atom. The quantitative estimate of drug-likeness (QED) is 0.764. The topological polar surface area (TPSA) is 68.9 Å². The van der Waals surface area contributed by atoms with Crippen LogP contribution in [0.5, 0.6) is 0 Å². The number of hydrogen-bond donors (Lipinski definition) is 2. The van der Waals surface area contributed by atoms with Crippen molar-refractivity contribution in [3.63, 3.8) is 0 Å². The molecule has 0 radical (unpaired) electrons. The normalized spacial score (nSPS) is 11.8. The van der Waals surface area contributed by atoms with Gasteiger partial charge in [0.05, 0.1) is 6.10 Å². The molecule has 1 heterocycles. The van der Waals surface area contributed by atoms with Gasteiger partial charge in [-0.25, -0.2) is 4.98 Å². The minimum Gasteiger partial charge on any atom is -0.391 e. The number of rotatable bonds is 5.